The number of allylic oxidation sites excluding steroid dienone is 16. The number of carbonyl (C=O) groups excluding carboxylic acids is 2. The Kier molecular flexibility index (Phi) is 35.4. The highest BCUT2D eigenvalue weighted by Crippen LogP contribution is 2.43. The Bertz CT molecular complexity index is 1270. The van der Waals surface area contributed by atoms with Gasteiger partial charge in [0.1, 0.15) is 19.8 Å². The van der Waals surface area contributed by atoms with Crippen LogP contribution in [0.1, 0.15) is 129 Å². The van der Waals surface area contributed by atoms with Crippen molar-refractivity contribution in [3.05, 3.63) is 97.2 Å². The van der Waals surface area contributed by atoms with Gasteiger partial charge in [0.15, 0.2) is 6.10 Å². The summed E-state index contributed by atoms with van der Waals surface area (Å²) >= 11 is 0. The molecule has 0 aromatic carbocycles. The molecule has 318 valence electrons. The number of phosphoric acid groups is 1. The number of hydrogen-bond donors (Lipinski definition) is 1. The van der Waals surface area contributed by atoms with Crippen LogP contribution in [0.15, 0.2) is 97.2 Å². The summed E-state index contributed by atoms with van der Waals surface area (Å²) in [5.74, 6) is -0.904. The first-order valence-electron chi connectivity index (χ1n) is 21.0. The van der Waals surface area contributed by atoms with Crippen molar-refractivity contribution in [2.24, 2.45) is 0 Å². The van der Waals surface area contributed by atoms with Gasteiger partial charge < -0.3 is 18.9 Å². The van der Waals surface area contributed by atoms with Gasteiger partial charge in [0, 0.05) is 12.8 Å². The van der Waals surface area contributed by atoms with E-state index in [9.17, 15) is 19.0 Å². The van der Waals surface area contributed by atoms with Crippen LogP contribution in [0.4, 0.5) is 0 Å². The molecule has 0 rings (SSSR count). The summed E-state index contributed by atoms with van der Waals surface area (Å²) in [7, 11) is 1.41. The molecule has 0 aliphatic heterocycles. The maximum Gasteiger partial charge on any atom is 0.472 e. The van der Waals surface area contributed by atoms with Crippen molar-refractivity contribution >= 4 is 19.8 Å². The van der Waals surface area contributed by atoms with Crippen LogP contribution < -0.4 is 0 Å². The number of carbonyl (C=O) groups is 2. The largest absolute Gasteiger partial charge is 0.472 e. The first kappa shape index (κ1) is 52.9. The summed E-state index contributed by atoms with van der Waals surface area (Å²) in [4.78, 5) is 35.3. The number of unbranched alkanes of at least 4 members (excludes halogenated alkanes) is 9. The summed E-state index contributed by atoms with van der Waals surface area (Å²) in [5, 5.41) is 0. The summed E-state index contributed by atoms with van der Waals surface area (Å²) in [6.45, 7) is 4.13. The van der Waals surface area contributed by atoms with E-state index in [-0.39, 0.29) is 26.1 Å². The topological polar surface area (TPSA) is 108 Å². The van der Waals surface area contributed by atoms with Crippen molar-refractivity contribution in [2.75, 3.05) is 47.5 Å². The minimum absolute atomic E-state index is 0.0114. The van der Waals surface area contributed by atoms with Crippen LogP contribution in [0.5, 0.6) is 0 Å². The Hall–Kier alpha value is -3.07. The number of phosphoric ester groups is 1. The molecule has 0 aliphatic rings. The number of esters is 2. The molecule has 2 atom stereocenters. The minimum atomic E-state index is -4.40. The van der Waals surface area contributed by atoms with Crippen LogP contribution in [-0.2, 0) is 32.7 Å². The number of hydrogen-bond acceptors (Lipinski definition) is 7. The third kappa shape index (κ3) is 40.6. The average Bonchev–Trinajstić information content (AvgIpc) is 3.15. The number of rotatable bonds is 36. The van der Waals surface area contributed by atoms with E-state index in [0.717, 1.165) is 57.8 Å². The molecule has 9 nitrogen and oxygen atoms in total. The van der Waals surface area contributed by atoms with Gasteiger partial charge in [-0.15, -0.1) is 0 Å². The fourth-order valence-electron chi connectivity index (χ4n) is 4.90. The lowest BCUT2D eigenvalue weighted by Gasteiger charge is -2.24. The minimum Gasteiger partial charge on any atom is -0.462 e. The van der Waals surface area contributed by atoms with Gasteiger partial charge in [-0.05, 0) is 70.6 Å². The highest BCUT2D eigenvalue weighted by Gasteiger charge is 2.27. The molecule has 56 heavy (non-hydrogen) atoms. The van der Waals surface area contributed by atoms with E-state index < -0.39 is 32.5 Å². The third-order valence-corrected chi connectivity index (χ3v) is 9.18. The highest BCUT2D eigenvalue weighted by molar-refractivity contribution is 7.47. The van der Waals surface area contributed by atoms with Crippen LogP contribution in [0.3, 0.4) is 0 Å². The fourth-order valence-corrected chi connectivity index (χ4v) is 5.64. The molecule has 1 unspecified atom stereocenters. The molecule has 0 bridgehead atoms. The second kappa shape index (κ2) is 37.5. The molecule has 0 heterocycles. The molecule has 0 aliphatic carbocycles. The molecule has 0 saturated heterocycles. The highest BCUT2D eigenvalue weighted by atomic mass is 31.2. The maximum atomic E-state index is 12.7. The van der Waals surface area contributed by atoms with Crippen LogP contribution in [0.2, 0.25) is 0 Å². The second-order valence-electron chi connectivity index (χ2n) is 14.7. The maximum absolute atomic E-state index is 12.7. The van der Waals surface area contributed by atoms with E-state index in [1.54, 1.807) is 0 Å². The number of quaternary nitrogens is 1. The summed E-state index contributed by atoms with van der Waals surface area (Å²) in [5.41, 5.74) is 0. The molecule has 0 spiro atoms. The molecule has 0 aromatic heterocycles. The third-order valence-electron chi connectivity index (χ3n) is 8.19. The zero-order valence-electron chi connectivity index (χ0n) is 35.6. The molecule has 0 fully saturated rings. The standard InChI is InChI=1S/C46H76NO8P/c1-6-8-10-12-14-16-18-20-22-23-25-27-29-31-33-35-37-39-46(49)55-44(43-54-56(50,51)53-41-40-47(3,4)5)42-52-45(48)38-36-34-32-30-28-26-24-21-19-17-15-13-11-9-7-2/h9,11,13-17,19-22,24-25,27,31,33,44H,6-8,10,12,18,23,26,28-30,32,34-43H2,1-5H3/p+1/b11-9+,15-13+,16-14+,19-17+,22-20+,24-21+,27-25+,33-31+/t44-/m1/s1. The Labute approximate surface area is 341 Å². The molecule has 10 heteroatoms. The van der Waals surface area contributed by atoms with Gasteiger partial charge in [0.25, 0.3) is 0 Å². The van der Waals surface area contributed by atoms with Crippen molar-refractivity contribution in [3.63, 3.8) is 0 Å². The first-order valence-corrected chi connectivity index (χ1v) is 22.5. The molecular formula is C46H77NO8P+. The van der Waals surface area contributed by atoms with Gasteiger partial charge in [0.05, 0.1) is 27.7 Å². The molecule has 1 N–H and O–H groups in total. The quantitative estimate of drug-likeness (QED) is 0.0167. The molecule has 0 aromatic rings. The lowest BCUT2D eigenvalue weighted by atomic mass is 10.1. The molecule has 0 amide bonds. The number of ether oxygens (including phenoxy) is 2. The predicted octanol–water partition coefficient (Wildman–Crippen LogP) is 11.8. The van der Waals surface area contributed by atoms with Crippen LogP contribution in [-0.4, -0.2) is 74.9 Å². The monoisotopic (exact) mass is 803 g/mol. The Balaban J connectivity index is 4.56. The number of likely N-dealkylation sites (N-methyl/N-ethyl adjacent to an activating group) is 1. The van der Waals surface area contributed by atoms with Crippen molar-refractivity contribution in [1.29, 1.82) is 0 Å². The Morgan fingerprint density at radius 1 is 0.589 bits per heavy atom. The fraction of sp³-hybridized carbons (Fsp3) is 0.609. The Morgan fingerprint density at radius 2 is 1.11 bits per heavy atom. The summed E-state index contributed by atoms with van der Waals surface area (Å²) < 4.78 is 34.2. The normalized spacial score (nSPS) is 14.6. The number of nitrogens with zero attached hydrogens (tertiary/aromatic N) is 1. The lowest BCUT2D eigenvalue weighted by Crippen LogP contribution is -2.37. The second-order valence-corrected chi connectivity index (χ2v) is 16.2. The molecular weight excluding hydrogens is 725 g/mol. The zero-order chi connectivity index (χ0) is 41.4. The van der Waals surface area contributed by atoms with E-state index in [4.69, 9.17) is 18.5 Å². The van der Waals surface area contributed by atoms with Gasteiger partial charge >= 0.3 is 19.8 Å². The smallest absolute Gasteiger partial charge is 0.462 e. The molecule has 0 saturated carbocycles. The van der Waals surface area contributed by atoms with Crippen LogP contribution in [0, 0.1) is 0 Å². The van der Waals surface area contributed by atoms with Gasteiger partial charge in [-0.3, -0.25) is 18.6 Å². The van der Waals surface area contributed by atoms with Gasteiger partial charge in [-0.25, -0.2) is 4.57 Å². The van der Waals surface area contributed by atoms with Crippen molar-refractivity contribution in [2.45, 2.75) is 136 Å². The lowest BCUT2D eigenvalue weighted by molar-refractivity contribution is -0.870. The Morgan fingerprint density at radius 3 is 1.73 bits per heavy atom. The molecule has 0 radical (unpaired) electrons. The van der Waals surface area contributed by atoms with Crippen molar-refractivity contribution in [1.82, 2.24) is 0 Å². The van der Waals surface area contributed by atoms with Gasteiger partial charge in [-0.2, -0.15) is 0 Å². The van der Waals surface area contributed by atoms with E-state index in [2.05, 4.69) is 74.6 Å². The van der Waals surface area contributed by atoms with Crippen LogP contribution >= 0.6 is 7.82 Å². The van der Waals surface area contributed by atoms with Crippen molar-refractivity contribution < 1.29 is 42.1 Å². The summed E-state index contributed by atoms with van der Waals surface area (Å²) in [6.07, 6.45) is 48.9. The van der Waals surface area contributed by atoms with Crippen molar-refractivity contribution in [3.8, 4) is 0 Å². The van der Waals surface area contributed by atoms with Gasteiger partial charge in [-0.1, -0.05) is 143 Å². The van der Waals surface area contributed by atoms with E-state index in [1.807, 2.05) is 57.6 Å². The zero-order valence-corrected chi connectivity index (χ0v) is 36.5. The first-order chi connectivity index (χ1) is 27.0. The van der Waals surface area contributed by atoms with Gasteiger partial charge in [0.2, 0.25) is 0 Å². The predicted molar refractivity (Wildman–Crippen MR) is 233 cm³/mol. The van der Waals surface area contributed by atoms with Crippen LogP contribution in [0.25, 0.3) is 0 Å². The van der Waals surface area contributed by atoms with E-state index in [1.165, 1.54) is 25.7 Å². The van der Waals surface area contributed by atoms with E-state index in [0.29, 0.717) is 30.3 Å². The average molecular weight is 803 g/mol. The van der Waals surface area contributed by atoms with E-state index >= 15 is 0 Å². The summed E-state index contributed by atoms with van der Waals surface area (Å²) in [6, 6.07) is 0. The SMILES string of the molecule is CC/C=C/C=C/C=C/C=C/CCCCCCCC(=O)OC[C@H](COP(=O)(O)OCC[N+](C)(C)C)OC(=O)CCC/C=C/C/C=C/C/C=C/C/C=C/CCCCC.